The highest BCUT2D eigenvalue weighted by molar-refractivity contribution is 5.94. The fourth-order valence-electron chi connectivity index (χ4n) is 2.58. The molecule has 0 unspecified atom stereocenters. The van der Waals surface area contributed by atoms with E-state index >= 15 is 0 Å². The number of nitrogens with zero attached hydrogens (tertiary/aromatic N) is 1. The molecular weight excluding hydrogens is 292 g/mol. The van der Waals surface area contributed by atoms with Crippen molar-refractivity contribution < 1.29 is 14.3 Å². The van der Waals surface area contributed by atoms with E-state index in [4.69, 9.17) is 4.74 Å². The molecule has 0 bridgehead atoms. The molecule has 124 valence electrons. The highest BCUT2D eigenvalue weighted by atomic mass is 16.5. The van der Waals surface area contributed by atoms with Crippen molar-refractivity contribution in [3.05, 3.63) is 41.5 Å². The third-order valence-corrected chi connectivity index (χ3v) is 4.01. The Bertz CT molecular complexity index is 560. The Balaban J connectivity index is 1.94. The lowest BCUT2D eigenvalue weighted by atomic mass is 10.1. The number of carbonyl (C=O) groups is 2. The molecule has 0 aliphatic carbocycles. The third-order valence-electron chi connectivity index (χ3n) is 4.01. The second-order valence-corrected chi connectivity index (χ2v) is 5.64. The standard InChI is InChI=1S/C18H24N2O3/c1-3-20(12-15-10-11-23-13-15)17(21)9-6-14-4-7-16(8-5-14)18(22)19-2/h4-9,15H,3,10-13H2,1-2H3,(H,19,22)/b9-6-/t15-/m1/s1. The first-order chi connectivity index (χ1) is 11.1. The van der Waals surface area contributed by atoms with E-state index in [1.807, 2.05) is 24.0 Å². The molecule has 23 heavy (non-hydrogen) atoms. The minimum absolute atomic E-state index is 0.00905. The van der Waals surface area contributed by atoms with Crippen LogP contribution in [-0.2, 0) is 9.53 Å². The summed E-state index contributed by atoms with van der Waals surface area (Å²) in [6.45, 7) is 4.96. The number of nitrogens with one attached hydrogen (secondary N) is 1. The van der Waals surface area contributed by atoms with E-state index in [0.29, 0.717) is 18.0 Å². The minimum atomic E-state index is -0.118. The molecule has 1 atom stereocenters. The molecule has 0 radical (unpaired) electrons. The van der Waals surface area contributed by atoms with E-state index < -0.39 is 0 Å². The summed E-state index contributed by atoms with van der Waals surface area (Å²) in [7, 11) is 1.60. The van der Waals surface area contributed by atoms with Crippen LogP contribution in [0.2, 0.25) is 0 Å². The van der Waals surface area contributed by atoms with Crippen molar-refractivity contribution in [3.63, 3.8) is 0 Å². The molecule has 1 aliphatic heterocycles. The van der Waals surface area contributed by atoms with Crippen LogP contribution in [0.15, 0.2) is 30.3 Å². The zero-order valence-corrected chi connectivity index (χ0v) is 13.7. The molecule has 5 heteroatoms. The molecule has 0 spiro atoms. The Morgan fingerprint density at radius 3 is 2.65 bits per heavy atom. The van der Waals surface area contributed by atoms with E-state index in [1.54, 1.807) is 31.3 Å². The van der Waals surface area contributed by atoms with Crippen LogP contribution in [0.3, 0.4) is 0 Å². The molecule has 1 heterocycles. The quantitative estimate of drug-likeness (QED) is 0.816. The zero-order valence-electron chi connectivity index (χ0n) is 13.7. The van der Waals surface area contributed by atoms with E-state index in [-0.39, 0.29) is 11.8 Å². The van der Waals surface area contributed by atoms with Crippen LogP contribution in [-0.4, -0.2) is 50.1 Å². The second-order valence-electron chi connectivity index (χ2n) is 5.64. The molecule has 1 saturated heterocycles. The molecule has 2 amide bonds. The minimum Gasteiger partial charge on any atom is -0.381 e. The van der Waals surface area contributed by atoms with Crippen molar-refractivity contribution >= 4 is 17.9 Å². The van der Waals surface area contributed by atoms with Gasteiger partial charge in [-0.15, -0.1) is 0 Å². The second kappa shape index (κ2) is 8.48. The summed E-state index contributed by atoms with van der Waals surface area (Å²) in [5.74, 6) is 0.335. The zero-order chi connectivity index (χ0) is 16.7. The van der Waals surface area contributed by atoms with Crippen LogP contribution >= 0.6 is 0 Å². The van der Waals surface area contributed by atoms with Crippen LogP contribution in [0.5, 0.6) is 0 Å². The van der Waals surface area contributed by atoms with Crippen molar-refractivity contribution in [2.75, 3.05) is 33.4 Å². The highest BCUT2D eigenvalue weighted by Crippen LogP contribution is 2.14. The van der Waals surface area contributed by atoms with Crippen LogP contribution in [0.4, 0.5) is 0 Å². The van der Waals surface area contributed by atoms with Gasteiger partial charge in [0.2, 0.25) is 5.91 Å². The first-order valence-electron chi connectivity index (χ1n) is 8.01. The number of likely N-dealkylation sites (N-methyl/N-ethyl adjacent to an activating group) is 1. The SMILES string of the molecule is CCN(C[C@H]1CCOC1)C(=O)/C=C\c1ccc(C(=O)NC)cc1. The van der Waals surface area contributed by atoms with Crippen LogP contribution < -0.4 is 5.32 Å². The van der Waals surface area contributed by atoms with Gasteiger partial charge in [0.15, 0.2) is 0 Å². The number of benzene rings is 1. The molecule has 2 rings (SSSR count). The van der Waals surface area contributed by atoms with Crippen LogP contribution in [0, 0.1) is 5.92 Å². The predicted molar refractivity (Wildman–Crippen MR) is 90.0 cm³/mol. The Morgan fingerprint density at radius 1 is 1.35 bits per heavy atom. The van der Waals surface area contributed by atoms with Crippen molar-refractivity contribution in [3.8, 4) is 0 Å². The predicted octanol–water partition coefficient (Wildman–Crippen LogP) is 1.94. The van der Waals surface area contributed by atoms with Crippen molar-refractivity contribution in [2.24, 2.45) is 5.92 Å². The van der Waals surface area contributed by atoms with Gasteiger partial charge in [-0.1, -0.05) is 12.1 Å². The monoisotopic (exact) mass is 316 g/mol. The molecule has 1 fully saturated rings. The molecule has 1 N–H and O–H groups in total. The Morgan fingerprint density at radius 2 is 2.09 bits per heavy atom. The molecule has 1 aromatic carbocycles. The maximum absolute atomic E-state index is 12.3. The molecular formula is C18H24N2O3. The molecule has 0 saturated carbocycles. The summed E-state index contributed by atoms with van der Waals surface area (Å²) in [4.78, 5) is 25.6. The Labute approximate surface area is 137 Å². The van der Waals surface area contributed by atoms with Gasteiger partial charge in [0.1, 0.15) is 0 Å². The van der Waals surface area contributed by atoms with Gasteiger partial charge in [-0.3, -0.25) is 9.59 Å². The largest absolute Gasteiger partial charge is 0.381 e. The smallest absolute Gasteiger partial charge is 0.251 e. The number of ether oxygens (including phenoxy) is 1. The van der Waals surface area contributed by atoms with Gasteiger partial charge in [-0.25, -0.2) is 0 Å². The normalized spacial score (nSPS) is 17.4. The topological polar surface area (TPSA) is 58.6 Å². The van der Waals surface area contributed by atoms with E-state index in [0.717, 1.165) is 31.7 Å². The van der Waals surface area contributed by atoms with Crippen molar-refractivity contribution in [2.45, 2.75) is 13.3 Å². The van der Waals surface area contributed by atoms with Gasteiger partial charge in [0, 0.05) is 44.3 Å². The third kappa shape index (κ3) is 4.93. The van der Waals surface area contributed by atoms with Crippen LogP contribution in [0.25, 0.3) is 6.08 Å². The fourth-order valence-corrected chi connectivity index (χ4v) is 2.58. The summed E-state index contributed by atoms with van der Waals surface area (Å²) >= 11 is 0. The summed E-state index contributed by atoms with van der Waals surface area (Å²) in [5, 5.41) is 2.58. The molecule has 0 aromatic heterocycles. The summed E-state index contributed by atoms with van der Waals surface area (Å²) in [6.07, 6.45) is 4.40. The van der Waals surface area contributed by atoms with Gasteiger partial charge in [0.25, 0.3) is 5.91 Å². The van der Waals surface area contributed by atoms with Gasteiger partial charge < -0.3 is 15.0 Å². The fraction of sp³-hybridized carbons (Fsp3) is 0.444. The summed E-state index contributed by atoms with van der Waals surface area (Å²) < 4.78 is 5.36. The van der Waals surface area contributed by atoms with Crippen LogP contribution in [0.1, 0.15) is 29.3 Å². The highest BCUT2D eigenvalue weighted by Gasteiger charge is 2.20. The Hall–Kier alpha value is -2.14. The Kier molecular flexibility index (Phi) is 6.35. The first-order valence-corrected chi connectivity index (χ1v) is 8.01. The van der Waals surface area contributed by atoms with Crippen molar-refractivity contribution in [1.29, 1.82) is 0 Å². The molecule has 1 aromatic rings. The molecule has 5 nitrogen and oxygen atoms in total. The van der Waals surface area contributed by atoms with E-state index in [1.165, 1.54) is 0 Å². The lowest BCUT2D eigenvalue weighted by Gasteiger charge is -2.22. The van der Waals surface area contributed by atoms with Gasteiger partial charge in [-0.2, -0.15) is 0 Å². The first kappa shape index (κ1) is 17.2. The number of rotatable bonds is 6. The number of hydrogen-bond donors (Lipinski definition) is 1. The average molecular weight is 316 g/mol. The van der Waals surface area contributed by atoms with E-state index in [2.05, 4.69) is 5.32 Å². The van der Waals surface area contributed by atoms with Crippen molar-refractivity contribution in [1.82, 2.24) is 10.2 Å². The number of carbonyl (C=O) groups excluding carboxylic acids is 2. The maximum Gasteiger partial charge on any atom is 0.251 e. The molecule has 1 aliphatic rings. The lowest BCUT2D eigenvalue weighted by Crippen LogP contribution is -2.34. The summed E-state index contributed by atoms with van der Waals surface area (Å²) in [5.41, 5.74) is 1.50. The number of amides is 2. The van der Waals surface area contributed by atoms with E-state index in [9.17, 15) is 9.59 Å². The lowest BCUT2D eigenvalue weighted by molar-refractivity contribution is -0.126. The van der Waals surface area contributed by atoms with Gasteiger partial charge in [0.05, 0.1) is 6.61 Å². The van der Waals surface area contributed by atoms with Gasteiger partial charge in [-0.05, 0) is 37.1 Å². The number of hydrogen-bond acceptors (Lipinski definition) is 3. The average Bonchev–Trinajstić information content (AvgIpc) is 3.10. The summed E-state index contributed by atoms with van der Waals surface area (Å²) in [6, 6.07) is 7.15. The van der Waals surface area contributed by atoms with Gasteiger partial charge >= 0.3 is 0 Å². The maximum atomic E-state index is 12.3.